The van der Waals surface area contributed by atoms with Crippen LogP contribution in [-0.2, 0) is 38.8 Å². The number of fused-ring (bicyclic) bond motifs is 1. The van der Waals surface area contributed by atoms with Crippen molar-refractivity contribution in [1.29, 1.82) is 0 Å². The Morgan fingerprint density at radius 1 is 1.11 bits per heavy atom. The molecule has 0 radical (unpaired) electrons. The van der Waals surface area contributed by atoms with Gasteiger partial charge in [-0.05, 0) is 69.6 Å². The van der Waals surface area contributed by atoms with Gasteiger partial charge in [0.25, 0.3) is 5.91 Å². The molecule has 2 aliphatic carbocycles. The van der Waals surface area contributed by atoms with Crippen molar-refractivity contribution in [2.24, 2.45) is 25.9 Å². The van der Waals surface area contributed by atoms with Gasteiger partial charge in [-0.1, -0.05) is 11.6 Å². The third-order valence-corrected chi connectivity index (χ3v) is 8.71. The molecule has 11 nitrogen and oxygen atoms in total. The summed E-state index contributed by atoms with van der Waals surface area (Å²) in [6.07, 6.45) is 4.34. The number of carbonyl (C=O) groups is 3. The third kappa shape index (κ3) is 6.45. The summed E-state index contributed by atoms with van der Waals surface area (Å²) in [5, 5.41) is 7.23. The quantitative estimate of drug-likeness (QED) is 0.317. The first-order valence-electron chi connectivity index (χ1n) is 14.5. The van der Waals surface area contributed by atoms with E-state index in [1.807, 2.05) is 0 Å². The molecule has 2 unspecified atom stereocenters. The number of aromatic nitrogens is 4. The van der Waals surface area contributed by atoms with Crippen LogP contribution in [0.2, 0.25) is 5.02 Å². The van der Waals surface area contributed by atoms with Crippen LogP contribution < -0.4 is 10.1 Å². The van der Waals surface area contributed by atoms with Gasteiger partial charge >= 0.3 is 11.9 Å². The third-order valence-electron chi connectivity index (χ3n) is 8.42. The zero-order valence-electron chi connectivity index (χ0n) is 25.6. The van der Waals surface area contributed by atoms with Crippen molar-refractivity contribution < 1.29 is 33.0 Å². The number of halogens is 2. The molecule has 236 valence electrons. The van der Waals surface area contributed by atoms with Crippen LogP contribution in [0.3, 0.4) is 0 Å². The van der Waals surface area contributed by atoms with Gasteiger partial charge in [0.15, 0.2) is 5.60 Å². The fourth-order valence-electron chi connectivity index (χ4n) is 6.88. The molecule has 5 rings (SSSR count). The summed E-state index contributed by atoms with van der Waals surface area (Å²) in [5.41, 5.74) is 0.535. The van der Waals surface area contributed by atoms with E-state index in [9.17, 15) is 18.8 Å². The summed E-state index contributed by atoms with van der Waals surface area (Å²) in [4.78, 5) is 41.7. The Hall–Kier alpha value is -3.93. The van der Waals surface area contributed by atoms with Gasteiger partial charge in [0, 0.05) is 45.6 Å². The molecule has 44 heavy (non-hydrogen) atoms. The van der Waals surface area contributed by atoms with Crippen LogP contribution in [0.5, 0.6) is 5.88 Å². The predicted octanol–water partition coefficient (Wildman–Crippen LogP) is 5.28. The van der Waals surface area contributed by atoms with Crippen LogP contribution >= 0.6 is 11.6 Å². The Bertz CT molecular complexity index is 1590. The molecule has 1 amide bonds. The largest absolute Gasteiger partial charge is 0.472 e. The van der Waals surface area contributed by atoms with Crippen molar-refractivity contribution in [3.05, 3.63) is 58.5 Å². The highest BCUT2D eigenvalue weighted by molar-refractivity contribution is 6.31. The molecule has 13 heteroatoms. The van der Waals surface area contributed by atoms with Gasteiger partial charge in [0.2, 0.25) is 5.88 Å². The van der Waals surface area contributed by atoms with Crippen molar-refractivity contribution in [3.8, 4) is 5.88 Å². The SMILES string of the molecule is CC(=O)OC(C)(C)COc1cc(C2(OC(C)=O)CC3CC(c4ncn(C)c4C(=O)Nc4ccc(F)c(Cl)c4)CC3C2)n(C)n1. The van der Waals surface area contributed by atoms with E-state index in [2.05, 4.69) is 15.4 Å². The zero-order chi connectivity index (χ0) is 32.0. The highest BCUT2D eigenvalue weighted by atomic mass is 35.5. The second kappa shape index (κ2) is 11.9. The summed E-state index contributed by atoms with van der Waals surface area (Å²) in [6, 6.07) is 5.82. The lowest BCUT2D eigenvalue weighted by Crippen LogP contribution is -2.34. The van der Waals surface area contributed by atoms with Crippen LogP contribution in [0.15, 0.2) is 30.6 Å². The molecule has 2 heterocycles. The number of imidazole rings is 1. The topological polar surface area (TPSA) is 127 Å². The van der Waals surface area contributed by atoms with Crippen LogP contribution in [0.25, 0.3) is 0 Å². The molecule has 2 atom stereocenters. The number of nitrogens with zero attached hydrogens (tertiary/aromatic N) is 4. The molecule has 1 aromatic carbocycles. The summed E-state index contributed by atoms with van der Waals surface area (Å²) in [6.45, 7) is 6.36. The number of ether oxygens (including phenoxy) is 3. The van der Waals surface area contributed by atoms with Crippen LogP contribution in [0.4, 0.5) is 10.1 Å². The number of benzene rings is 1. The highest BCUT2D eigenvalue weighted by Crippen LogP contribution is 2.58. The maximum absolute atomic E-state index is 13.6. The Kier molecular flexibility index (Phi) is 8.50. The average Bonchev–Trinajstić information content (AvgIpc) is 3.65. The molecule has 0 bridgehead atoms. The molecule has 0 spiro atoms. The summed E-state index contributed by atoms with van der Waals surface area (Å²) >= 11 is 5.90. The normalized spacial score (nSPS) is 22.9. The minimum atomic E-state index is -0.882. The minimum Gasteiger partial charge on any atom is -0.472 e. The number of rotatable bonds is 9. The summed E-state index contributed by atoms with van der Waals surface area (Å²) < 4.78 is 34.2. The monoisotopic (exact) mass is 629 g/mol. The van der Waals surface area contributed by atoms with E-state index >= 15 is 0 Å². The molecule has 2 saturated carbocycles. The smallest absolute Gasteiger partial charge is 0.303 e. The van der Waals surface area contributed by atoms with Crippen molar-refractivity contribution in [2.45, 2.75) is 70.5 Å². The van der Waals surface area contributed by atoms with Crippen LogP contribution in [0, 0.1) is 17.7 Å². The number of hydrogen-bond donors (Lipinski definition) is 1. The maximum Gasteiger partial charge on any atom is 0.303 e. The van der Waals surface area contributed by atoms with Gasteiger partial charge in [-0.3, -0.25) is 19.1 Å². The molecule has 0 saturated heterocycles. The Morgan fingerprint density at radius 3 is 2.41 bits per heavy atom. The molecule has 2 aliphatic rings. The fraction of sp³-hybridized carbons (Fsp3) is 0.516. The Morgan fingerprint density at radius 2 is 1.80 bits per heavy atom. The number of hydrogen-bond acceptors (Lipinski definition) is 8. The zero-order valence-corrected chi connectivity index (χ0v) is 26.4. The van der Waals surface area contributed by atoms with E-state index in [0.29, 0.717) is 35.8 Å². The first kappa shape index (κ1) is 31.5. The number of nitrogens with one attached hydrogen (secondary N) is 1. The number of aryl methyl sites for hydroxylation is 2. The highest BCUT2D eigenvalue weighted by Gasteiger charge is 2.54. The van der Waals surface area contributed by atoms with Gasteiger partial charge in [-0.25, -0.2) is 9.37 Å². The van der Waals surface area contributed by atoms with E-state index < -0.39 is 23.0 Å². The molecular formula is C31H37ClFN5O6. The van der Waals surface area contributed by atoms with Gasteiger partial charge in [-0.15, -0.1) is 5.10 Å². The van der Waals surface area contributed by atoms with E-state index in [0.717, 1.165) is 18.5 Å². The van der Waals surface area contributed by atoms with Crippen molar-refractivity contribution in [3.63, 3.8) is 0 Å². The number of amides is 1. The van der Waals surface area contributed by atoms with Gasteiger partial charge in [0.1, 0.15) is 23.7 Å². The lowest BCUT2D eigenvalue weighted by atomic mass is 9.89. The first-order chi connectivity index (χ1) is 20.7. The maximum atomic E-state index is 13.6. The van der Waals surface area contributed by atoms with Gasteiger partial charge < -0.3 is 24.1 Å². The van der Waals surface area contributed by atoms with E-state index in [1.165, 1.54) is 32.0 Å². The average molecular weight is 630 g/mol. The second-order valence-electron chi connectivity index (χ2n) is 12.5. The van der Waals surface area contributed by atoms with Crippen molar-refractivity contribution in [1.82, 2.24) is 19.3 Å². The lowest BCUT2D eigenvalue weighted by molar-refractivity contribution is -0.159. The van der Waals surface area contributed by atoms with Crippen molar-refractivity contribution in [2.75, 3.05) is 11.9 Å². The van der Waals surface area contributed by atoms with Crippen molar-refractivity contribution >= 4 is 35.1 Å². The lowest BCUT2D eigenvalue weighted by Gasteiger charge is -2.30. The molecule has 1 N–H and O–H groups in total. The predicted molar refractivity (Wildman–Crippen MR) is 159 cm³/mol. The molecule has 3 aromatic rings. The Balaban J connectivity index is 1.32. The first-order valence-corrected chi connectivity index (χ1v) is 14.9. The molecule has 2 fully saturated rings. The van der Waals surface area contributed by atoms with Crippen LogP contribution in [0.1, 0.15) is 81.2 Å². The summed E-state index contributed by atoms with van der Waals surface area (Å²) in [5.74, 6) is -0.888. The summed E-state index contributed by atoms with van der Waals surface area (Å²) in [7, 11) is 3.55. The minimum absolute atomic E-state index is 0.0352. The number of carbonyl (C=O) groups excluding carboxylic acids is 3. The van der Waals surface area contributed by atoms with Gasteiger partial charge in [0.05, 0.1) is 22.7 Å². The standard InChI is InChI=1S/C31H37ClFN5O6/c1-17(39)43-30(3,4)15-42-26-12-25(38(6)36-26)31(44-18(2)40)13-20-9-19(10-21(20)14-31)27-28(37(5)16-34-27)29(41)35-22-7-8-24(33)23(32)11-22/h7-8,11-12,16,19-21H,9-10,13-15H2,1-6H3,(H,35,41). The molecule has 0 aliphatic heterocycles. The van der Waals surface area contributed by atoms with Gasteiger partial charge in [-0.2, -0.15) is 0 Å². The van der Waals surface area contributed by atoms with E-state index in [4.69, 9.17) is 25.8 Å². The fourth-order valence-corrected chi connectivity index (χ4v) is 7.06. The van der Waals surface area contributed by atoms with Crippen LogP contribution in [-0.4, -0.2) is 49.4 Å². The number of anilines is 1. The molecule has 2 aromatic heterocycles. The van der Waals surface area contributed by atoms with E-state index in [1.54, 1.807) is 49.6 Å². The second-order valence-corrected chi connectivity index (χ2v) is 12.9. The number of esters is 2. The Labute approximate surface area is 260 Å². The molecular weight excluding hydrogens is 593 g/mol. The van der Waals surface area contributed by atoms with E-state index in [-0.39, 0.29) is 41.3 Å².